The van der Waals surface area contributed by atoms with Crippen molar-refractivity contribution in [1.29, 1.82) is 5.26 Å². The van der Waals surface area contributed by atoms with Gasteiger partial charge in [-0.05, 0) is 42.7 Å². The van der Waals surface area contributed by atoms with E-state index in [2.05, 4.69) is 6.92 Å². The summed E-state index contributed by atoms with van der Waals surface area (Å²) in [6.45, 7) is 5.88. The number of unbranched alkanes of at least 4 members (excludes halogenated alkanes) is 5. The summed E-state index contributed by atoms with van der Waals surface area (Å²) in [7, 11) is 1.55. The van der Waals surface area contributed by atoms with Gasteiger partial charge in [0.05, 0.1) is 33.5 Å². The average molecular weight is 527 g/mol. The zero-order valence-electron chi connectivity index (χ0n) is 22.8. The molecule has 0 spiro atoms. The minimum absolute atomic E-state index is 0.0396. The van der Waals surface area contributed by atoms with Gasteiger partial charge >= 0.3 is 5.97 Å². The Bertz CT molecular complexity index is 1080. The second kappa shape index (κ2) is 16.3. The summed E-state index contributed by atoms with van der Waals surface area (Å²) in [6.07, 6.45) is 8.64. The number of nitrogens with zero attached hydrogens (tertiary/aromatic N) is 2. The molecule has 0 aromatic heterocycles. The second-order valence-corrected chi connectivity index (χ2v) is 8.91. The molecule has 2 rings (SSSR count). The summed E-state index contributed by atoms with van der Waals surface area (Å²) in [6, 6.07) is 7.28. The third kappa shape index (κ3) is 9.03. The highest BCUT2D eigenvalue weighted by Crippen LogP contribution is 2.32. The number of rotatable bonds is 16. The number of ether oxygens (including phenoxy) is 4. The van der Waals surface area contributed by atoms with Crippen molar-refractivity contribution in [3.05, 3.63) is 40.5 Å². The Labute approximate surface area is 225 Å². The number of benzene rings is 1. The number of nitriles is 1. The van der Waals surface area contributed by atoms with Crippen LogP contribution in [0.5, 0.6) is 11.5 Å². The summed E-state index contributed by atoms with van der Waals surface area (Å²) < 4.78 is 21.6. The van der Waals surface area contributed by atoms with Crippen molar-refractivity contribution in [3.63, 3.8) is 0 Å². The van der Waals surface area contributed by atoms with Gasteiger partial charge in [0, 0.05) is 12.5 Å². The number of hydrogen-bond donors (Lipinski definition) is 0. The Morgan fingerprint density at radius 3 is 2.42 bits per heavy atom. The van der Waals surface area contributed by atoms with Gasteiger partial charge in [-0.15, -0.1) is 0 Å². The van der Waals surface area contributed by atoms with Crippen molar-refractivity contribution in [2.75, 3.05) is 40.1 Å². The van der Waals surface area contributed by atoms with Crippen molar-refractivity contribution < 1.29 is 33.3 Å². The molecule has 2 amide bonds. The first-order valence-electron chi connectivity index (χ1n) is 13.0. The quantitative estimate of drug-likeness (QED) is 0.133. The molecule has 0 aliphatic carbocycles. The van der Waals surface area contributed by atoms with E-state index in [0.717, 1.165) is 17.7 Å². The molecular formula is C29H38N2O7. The maximum Gasteiger partial charge on any atom is 0.302 e. The Morgan fingerprint density at radius 1 is 1.00 bits per heavy atom. The Hall–Kier alpha value is -3.64. The smallest absolute Gasteiger partial charge is 0.302 e. The van der Waals surface area contributed by atoms with Crippen LogP contribution in [0.1, 0.15) is 64.9 Å². The van der Waals surface area contributed by atoms with Crippen LogP contribution in [0, 0.1) is 11.3 Å². The van der Waals surface area contributed by atoms with Crippen molar-refractivity contribution in [2.45, 2.75) is 59.3 Å². The molecular weight excluding hydrogens is 488 g/mol. The molecule has 0 fully saturated rings. The Kier molecular flexibility index (Phi) is 13.1. The first kappa shape index (κ1) is 30.6. The minimum Gasteiger partial charge on any atom is -0.493 e. The predicted octanol–water partition coefficient (Wildman–Crippen LogP) is 4.61. The minimum atomic E-state index is -0.660. The molecule has 1 aliphatic heterocycles. The van der Waals surface area contributed by atoms with Gasteiger partial charge in [-0.3, -0.25) is 19.3 Å². The standard InChI is InChI=1S/C29H38N2O7/c1-5-6-7-8-9-10-14-38-26-12-11-23(19-27(26)35-4)18-24-21(2)25(20-30)29(34)31(28(24)33)13-15-36-16-17-37-22(3)32/h11-12,18-19H,5-10,13-17H2,1-4H3/b24-18+. The SMILES string of the molecule is CCCCCCCCOc1ccc(/C=C2/C(=O)N(CCOCCOC(C)=O)C(=O)C(C#N)=C2C)cc1OC. The van der Waals surface area contributed by atoms with Gasteiger partial charge in [0.25, 0.3) is 11.8 Å². The van der Waals surface area contributed by atoms with E-state index in [-0.39, 0.29) is 37.5 Å². The number of esters is 1. The normalized spacial score (nSPS) is 14.6. The molecule has 38 heavy (non-hydrogen) atoms. The average Bonchev–Trinajstić information content (AvgIpc) is 2.90. The molecule has 0 unspecified atom stereocenters. The molecule has 9 heteroatoms. The molecule has 0 radical (unpaired) electrons. The van der Waals surface area contributed by atoms with E-state index in [4.69, 9.17) is 18.9 Å². The number of carbonyl (C=O) groups excluding carboxylic acids is 3. The number of methoxy groups -OCH3 is 1. The van der Waals surface area contributed by atoms with Crippen LogP contribution in [-0.2, 0) is 23.9 Å². The maximum atomic E-state index is 13.2. The van der Waals surface area contributed by atoms with Gasteiger partial charge in [-0.1, -0.05) is 45.1 Å². The molecule has 206 valence electrons. The zero-order valence-corrected chi connectivity index (χ0v) is 22.8. The number of hydrogen-bond acceptors (Lipinski definition) is 8. The monoisotopic (exact) mass is 526 g/mol. The molecule has 1 heterocycles. The molecule has 0 saturated carbocycles. The molecule has 0 saturated heterocycles. The van der Waals surface area contributed by atoms with Crippen LogP contribution in [0.25, 0.3) is 6.08 Å². The van der Waals surface area contributed by atoms with Crippen LogP contribution in [0.2, 0.25) is 0 Å². The van der Waals surface area contributed by atoms with Gasteiger partial charge in [0.1, 0.15) is 18.2 Å². The summed E-state index contributed by atoms with van der Waals surface area (Å²) >= 11 is 0. The maximum absolute atomic E-state index is 13.2. The van der Waals surface area contributed by atoms with E-state index in [0.29, 0.717) is 29.2 Å². The van der Waals surface area contributed by atoms with E-state index in [1.807, 2.05) is 6.07 Å². The zero-order chi connectivity index (χ0) is 27.9. The van der Waals surface area contributed by atoms with Gasteiger partial charge in [0.15, 0.2) is 11.5 Å². The van der Waals surface area contributed by atoms with Gasteiger partial charge in [0.2, 0.25) is 0 Å². The summed E-state index contributed by atoms with van der Waals surface area (Å²) in [5.74, 6) is -0.446. The fourth-order valence-corrected chi connectivity index (χ4v) is 3.96. The number of imide groups is 1. The number of carbonyl (C=O) groups is 3. The molecule has 0 bridgehead atoms. The van der Waals surface area contributed by atoms with E-state index in [1.165, 1.54) is 32.6 Å². The molecule has 0 atom stereocenters. The third-order valence-electron chi connectivity index (χ3n) is 6.07. The lowest BCUT2D eigenvalue weighted by Crippen LogP contribution is -2.44. The van der Waals surface area contributed by atoms with Crippen LogP contribution >= 0.6 is 0 Å². The highest BCUT2D eigenvalue weighted by atomic mass is 16.6. The van der Waals surface area contributed by atoms with E-state index >= 15 is 0 Å². The topological polar surface area (TPSA) is 115 Å². The predicted molar refractivity (Wildman–Crippen MR) is 142 cm³/mol. The first-order chi connectivity index (χ1) is 18.3. The summed E-state index contributed by atoms with van der Waals surface area (Å²) in [5.41, 5.74) is 1.13. The second-order valence-electron chi connectivity index (χ2n) is 8.91. The Balaban J connectivity index is 2.11. The lowest BCUT2D eigenvalue weighted by atomic mass is 9.93. The fourth-order valence-electron chi connectivity index (χ4n) is 3.96. The Morgan fingerprint density at radius 2 is 1.74 bits per heavy atom. The molecule has 9 nitrogen and oxygen atoms in total. The lowest BCUT2D eigenvalue weighted by molar-refractivity contribution is -0.142. The van der Waals surface area contributed by atoms with E-state index < -0.39 is 17.8 Å². The van der Waals surface area contributed by atoms with E-state index in [1.54, 1.807) is 38.3 Å². The highest BCUT2D eigenvalue weighted by molar-refractivity contribution is 6.19. The van der Waals surface area contributed by atoms with Crippen LogP contribution in [-0.4, -0.2) is 62.8 Å². The van der Waals surface area contributed by atoms with Crippen molar-refractivity contribution >= 4 is 23.9 Å². The van der Waals surface area contributed by atoms with Crippen molar-refractivity contribution in [3.8, 4) is 17.6 Å². The third-order valence-corrected chi connectivity index (χ3v) is 6.07. The van der Waals surface area contributed by atoms with Gasteiger partial charge < -0.3 is 18.9 Å². The molecule has 1 aromatic carbocycles. The van der Waals surface area contributed by atoms with Gasteiger partial charge in [-0.25, -0.2) is 0 Å². The first-order valence-corrected chi connectivity index (χ1v) is 13.0. The van der Waals surface area contributed by atoms with E-state index in [9.17, 15) is 19.6 Å². The van der Waals surface area contributed by atoms with Crippen LogP contribution in [0.4, 0.5) is 0 Å². The van der Waals surface area contributed by atoms with Gasteiger partial charge in [-0.2, -0.15) is 5.26 Å². The fraction of sp³-hybridized carbons (Fsp3) is 0.517. The number of amides is 2. The molecule has 1 aliphatic rings. The largest absolute Gasteiger partial charge is 0.493 e. The van der Waals surface area contributed by atoms with Crippen LogP contribution in [0.3, 0.4) is 0 Å². The van der Waals surface area contributed by atoms with Crippen molar-refractivity contribution in [1.82, 2.24) is 4.90 Å². The van der Waals surface area contributed by atoms with Crippen LogP contribution < -0.4 is 9.47 Å². The lowest BCUT2D eigenvalue weighted by Gasteiger charge is -2.27. The molecule has 0 N–H and O–H groups in total. The van der Waals surface area contributed by atoms with Crippen molar-refractivity contribution in [2.24, 2.45) is 0 Å². The summed E-state index contributed by atoms with van der Waals surface area (Å²) in [4.78, 5) is 37.8. The summed E-state index contributed by atoms with van der Waals surface area (Å²) in [5, 5.41) is 9.58. The highest BCUT2D eigenvalue weighted by Gasteiger charge is 2.35. The molecule has 1 aromatic rings. The van der Waals surface area contributed by atoms with Crippen LogP contribution in [0.15, 0.2) is 34.9 Å².